The Balaban J connectivity index is 2.29. The molecular weight excluding hydrogens is 246 g/mol. The normalized spacial score (nSPS) is 18.1. The van der Waals surface area contributed by atoms with Crippen molar-refractivity contribution in [1.29, 1.82) is 0 Å². The molecule has 1 aliphatic rings. The number of carbonyl (C=O) groups excluding carboxylic acids is 1. The minimum atomic E-state index is -0.347. The van der Waals surface area contributed by atoms with Gasteiger partial charge in [0, 0.05) is 5.02 Å². The van der Waals surface area contributed by atoms with E-state index in [9.17, 15) is 4.79 Å². The zero-order valence-electron chi connectivity index (χ0n) is 8.11. The van der Waals surface area contributed by atoms with Crippen LogP contribution >= 0.6 is 23.8 Å². The highest BCUT2D eigenvalue weighted by atomic mass is 35.5. The number of halogens is 1. The summed E-state index contributed by atoms with van der Waals surface area (Å²) in [6.07, 6.45) is 1.66. The summed E-state index contributed by atoms with van der Waals surface area (Å²) in [5, 5.41) is 4.47. The number of hydrogen-bond donors (Lipinski definition) is 2. The monoisotopic (exact) mass is 253 g/mol. The van der Waals surface area contributed by atoms with Crippen molar-refractivity contribution in [3.05, 3.63) is 40.5 Å². The maximum atomic E-state index is 11.5. The van der Waals surface area contributed by atoms with Crippen LogP contribution in [0.4, 0.5) is 0 Å². The molecule has 4 nitrogen and oxygen atoms in total. The lowest BCUT2D eigenvalue weighted by Gasteiger charge is -2.02. The van der Waals surface area contributed by atoms with Crippen molar-refractivity contribution in [2.45, 2.75) is 0 Å². The number of thiocarbonyl (C=S) groups is 1. The van der Waals surface area contributed by atoms with Crippen LogP contribution in [0, 0.1) is 0 Å². The molecule has 0 atom stereocenters. The van der Waals surface area contributed by atoms with Crippen LogP contribution in [0.3, 0.4) is 0 Å². The van der Waals surface area contributed by atoms with E-state index in [1.54, 1.807) is 30.3 Å². The van der Waals surface area contributed by atoms with Crippen LogP contribution in [-0.2, 0) is 4.79 Å². The third-order valence-corrected chi connectivity index (χ3v) is 2.64. The Bertz CT molecular complexity index is 483. The molecule has 1 aromatic rings. The molecule has 1 saturated heterocycles. The van der Waals surface area contributed by atoms with Crippen LogP contribution in [0.1, 0.15) is 5.56 Å². The Hall–Kier alpha value is -1.43. The van der Waals surface area contributed by atoms with Crippen LogP contribution in [0.5, 0.6) is 0 Å². The lowest BCUT2D eigenvalue weighted by Crippen LogP contribution is -2.36. The zero-order chi connectivity index (χ0) is 11.7. The summed E-state index contributed by atoms with van der Waals surface area (Å²) in [5.74, 6) is 5.06. The van der Waals surface area contributed by atoms with Crippen molar-refractivity contribution < 1.29 is 4.79 Å². The van der Waals surface area contributed by atoms with Crippen molar-refractivity contribution in [2.75, 3.05) is 0 Å². The largest absolute Gasteiger partial charge is 0.327 e. The first kappa shape index (κ1) is 11.1. The van der Waals surface area contributed by atoms with E-state index in [-0.39, 0.29) is 11.0 Å². The van der Waals surface area contributed by atoms with Crippen LogP contribution in [-0.4, -0.2) is 16.0 Å². The number of hydrazine groups is 1. The van der Waals surface area contributed by atoms with Crippen LogP contribution in [0.25, 0.3) is 6.08 Å². The molecule has 1 amide bonds. The molecule has 0 aromatic heterocycles. The molecule has 0 bridgehead atoms. The number of rotatable bonds is 1. The molecule has 2 rings (SSSR count). The Morgan fingerprint density at radius 3 is 2.50 bits per heavy atom. The van der Waals surface area contributed by atoms with Crippen LogP contribution in [0.15, 0.2) is 30.0 Å². The van der Waals surface area contributed by atoms with Gasteiger partial charge < -0.3 is 5.32 Å². The van der Waals surface area contributed by atoms with Gasteiger partial charge in [0.1, 0.15) is 5.70 Å². The molecule has 3 N–H and O–H groups in total. The molecule has 1 heterocycles. The van der Waals surface area contributed by atoms with Gasteiger partial charge in [-0.15, -0.1) is 0 Å². The van der Waals surface area contributed by atoms with Gasteiger partial charge in [-0.25, -0.2) is 10.9 Å². The van der Waals surface area contributed by atoms with E-state index in [4.69, 9.17) is 29.7 Å². The summed E-state index contributed by atoms with van der Waals surface area (Å²) >= 11 is 10.6. The smallest absolute Gasteiger partial charge is 0.290 e. The van der Waals surface area contributed by atoms with Gasteiger partial charge in [0.05, 0.1) is 0 Å². The lowest BCUT2D eigenvalue weighted by atomic mass is 10.2. The summed E-state index contributed by atoms with van der Waals surface area (Å²) in [6, 6.07) is 7.08. The average Bonchev–Trinajstić information content (AvgIpc) is 2.50. The van der Waals surface area contributed by atoms with E-state index in [0.29, 0.717) is 10.7 Å². The van der Waals surface area contributed by atoms with Gasteiger partial charge in [-0.2, -0.15) is 0 Å². The first-order valence-electron chi connectivity index (χ1n) is 4.45. The molecule has 0 unspecified atom stereocenters. The van der Waals surface area contributed by atoms with Crippen LogP contribution in [0.2, 0.25) is 5.02 Å². The van der Waals surface area contributed by atoms with Gasteiger partial charge in [0.2, 0.25) is 0 Å². The van der Waals surface area contributed by atoms with Crippen molar-refractivity contribution in [3.63, 3.8) is 0 Å². The molecule has 1 aliphatic heterocycles. The van der Waals surface area contributed by atoms with E-state index < -0.39 is 0 Å². The van der Waals surface area contributed by atoms with Crippen molar-refractivity contribution >= 4 is 40.9 Å². The Morgan fingerprint density at radius 2 is 2.00 bits per heavy atom. The van der Waals surface area contributed by atoms with Gasteiger partial charge in [-0.3, -0.25) is 4.79 Å². The van der Waals surface area contributed by atoms with Crippen molar-refractivity contribution in [3.8, 4) is 0 Å². The molecule has 6 heteroatoms. The highest BCUT2D eigenvalue weighted by Gasteiger charge is 2.27. The quantitative estimate of drug-likeness (QED) is 0.343. The standard InChI is InChI=1S/C10H8ClN3OS/c11-7-3-1-6(2-4-7)5-8-9(15)14(12)10(16)13-8/h1-5H,12H2,(H,13,16). The minimum absolute atomic E-state index is 0.199. The summed E-state index contributed by atoms with van der Waals surface area (Å²) < 4.78 is 0. The molecule has 0 aliphatic carbocycles. The predicted octanol–water partition coefficient (Wildman–Crippen LogP) is 1.27. The second kappa shape index (κ2) is 4.21. The van der Waals surface area contributed by atoms with E-state index in [1.165, 1.54) is 0 Å². The van der Waals surface area contributed by atoms with Crippen molar-refractivity contribution in [1.82, 2.24) is 10.3 Å². The summed E-state index contributed by atoms with van der Waals surface area (Å²) in [4.78, 5) is 11.5. The van der Waals surface area contributed by atoms with Crippen molar-refractivity contribution in [2.24, 2.45) is 5.84 Å². The van der Waals surface area contributed by atoms with E-state index in [0.717, 1.165) is 10.6 Å². The highest BCUT2D eigenvalue weighted by Crippen LogP contribution is 2.14. The first-order valence-corrected chi connectivity index (χ1v) is 5.24. The Labute approximate surface area is 103 Å². The highest BCUT2D eigenvalue weighted by molar-refractivity contribution is 7.80. The number of nitrogens with two attached hydrogens (primary N) is 1. The molecule has 1 fully saturated rings. The molecular formula is C10H8ClN3OS. The number of carbonyl (C=O) groups is 1. The number of amides is 1. The van der Waals surface area contributed by atoms with Gasteiger partial charge in [0.15, 0.2) is 5.11 Å². The van der Waals surface area contributed by atoms with E-state index in [2.05, 4.69) is 5.32 Å². The number of benzene rings is 1. The molecule has 82 valence electrons. The summed E-state index contributed by atoms with van der Waals surface area (Å²) in [5.41, 5.74) is 1.20. The molecule has 16 heavy (non-hydrogen) atoms. The SMILES string of the molecule is NN1C(=O)C(=Cc2ccc(Cl)cc2)NC1=S. The summed E-state index contributed by atoms with van der Waals surface area (Å²) in [6.45, 7) is 0. The van der Waals surface area contributed by atoms with Crippen LogP contribution < -0.4 is 11.2 Å². The number of hydrogen-bond acceptors (Lipinski definition) is 3. The second-order valence-electron chi connectivity index (χ2n) is 3.21. The van der Waals surface area contributed by atoms with Gasteiger partial charge >= 0.3 is 0 Å². The lowest BCUT2D eigenvalue weighted by molar-refractivity contribution is -0.122. The first-order chi connectivity index (χ1) is 7.58. The fourth-order valence-electron chi connectivity index (χ4n) is 1.27. The third kappa shape index (κ3) is 2.06. The molecule has 0 radical (unpaired) electrons. The maximum absolute atomic E-state index is 11.5. The fraction of sp³-hybridized carbons (Fsp3) is 0. The predicted molar refractivity (Wildman–Crippen MR) is 66.2 cm³/mol. The Morgan fingerprint density at radius 1 is 1.38 bits per heavy atom. The van der Waals surface area contributed by atoms with Gasteiger partial charge in [-0.05, 0) is 36.0 Å². The summed E-state index contributed by atoms with van der Waals surface area (Å²) in [7, 11) is 0. The topological polar surface area (TPSA) is 58.4 Å². The maximum Gasteiger partial charge on any atom is 0.290 e. The molecule has 0 saturated carbocycles. The third-order valence-electron chi connectivity index (χ3n) is 2.09. The Kier molecular flexibility index (Phi) is 2.91. The average molecular weight is 254 g/mol. The van der Waals surface area contributed by atoms with E-state index in [1.807, 2.05) is 0 Å². The molecule has 1 aromatic carbocycles. The van der Waals surface area contributed by atoms with E-state index >= 15 is 0 Å². The number of nitrogens with one attached hydrogen (secondary N) is 1. The fourth-order valence-corrected chi connectivity index (χ4v) is 1.59. The van der Waals surface area contributed by atoms with Gasteiger partial charge in [-0.1, -0.05) is 23.7 Å². The number of nitrogens with zero attached hydrogens (tertiary/aromatic N) is 1. The minimum Gasteiger partial charge on any atom is -0.327 e. The van der Waals surface area contributed by atoms with Gasteiger partial charge in [0.25, 0.3) is 5.91 Å². The molecule has 0 spiro atoms. The second-order valence-corrected chi connectivity index (χ2v) is 4.04. The zero-order valence-corrected chi connectivity index (χ0v) is 9.68.